The summed E-state index contributed by atoms with van der Waals surface area (Å²) in [6.07, 6.45) is 8.06. The molecule has 1 saturated carbocycles. The molecule has 3 rings (SSSR count). The smallest absolute Gasteiger partial charge is 0.222 e. The summed E-state index contributed by atoms with van der Waals surface area (Å²) in [5, 5.41) is 4.15. The third-order valence-electron chi connectivity index (χ3n) is 5.84. The molecule has 6 heteroatoms. The summed E-state index contributed by atoms with van der Waals surface area (Å²) in [6, 6.07) is 12.0. The molecule has 2 N–H and O–H groups in total. The van der Waals surface area contributed by atoms with E-state index in [2.05, 4.69) is 5.16 Å². The molecule has 0 saturated heterocycles. The topological polar surface area (TPSA) is 72.4 Å². The molecule has 1 aromatic heterocycles. The van der Waals surface area contributed by atoms with Gasteiger partial charge in [0.05, 0.1) is 0 Å². The Kier molecular flexibility index (Phi) is 8.52. The van der Waals surface area contributed by atoms with Gasteiger partial charge in [-0.2, -0.15) is 0 Å². The molecule has 0 spiro atoms. The predicted molar refractivity (Wildman–Crippen MR) is 114 cm³/mol. The number of benzene rings is 1. The summed E-state index contributed by atoms with van der Waals surface area (Å²) in [6.45, 7) is 1.34. The number of amides is 1. The lowest BCUT2D eigenvalue weighted by molar-refractivity contribution is -0.133. The molecule has 1 amide bonds. The van der Waals surface area contributed by atoms with Crippen molar-refractivity contribution < 1.29 is 9.32 Å². The van der Waals surface area contributed by atoms with Crippen LogP contribution in [0.1, 0.15) is 50.7 Å². The van der Waals surface area contributed by atoms with E-state index in [1.54, 1.807) is 0 Å². The molecule has 0 bridgehead atoms. The normalized spacial score (nSPS) is 15.6. The molecule has 1 fully saturated rings. The van der Waals surface area contributed by atoms with E-state index in [1.165, 1.54) is 19.3 Å². The highest BCUT2D eigenvalue weighted by molar-refractivity contribution is 5.85. The Morgan fingerprint density at radius 3 is 2.61 bits per heavy atom. The highest BCUT2D eigenvalue weighted by atomic mass is 35.5. The van der Waals surface area contributed by atoms with E-state index in [0.717, 1.165) is 49.2 Å². The van der Waals surface area contributed by atoms with Crippen LogP contribution in [0.25, 0.3) is 11.3 Å². The number of nitrogens with zero attached hydrogens (tertiary/aromatic N) is 2. The van der Waals surface area contributed by atoms with Crippen molar-refractivity contribution in [2.24, 2.45) is 11.1 Å². The average Bonchev–Trinajstić information content (AvgIpc) is 3.18. The fourth-order valence-corrected chi connectivity index (χ4v) is 4.00. The molecular weight excluding hydrogens is 374 g/mol. The molecule has 0 atom stereocenters. The lowest BCUT2D eigenvalue weighted by atomic mass is 9.71. The van der Waals surface area contributed by atoms with Gasteiger partial charge in [0.25, 0.3) is 0 Å². The number of carbonyl (C=O) groups excluding carboxylic acids is 1. The summed E-state index contributed by atoms with van der Waals surface area (Å²) in [5.41, 5.74) is 7.96. The number of aromatic nitrogens is 1. The molecule has 1 aliphatic rings. The van der Waals surface area contributed by atoms with Crippen molar-refractivity contribution in [3.05, 3.63) is 42.2 Å². The van der Waals surface area contributed by atoms with E-state index < -0.39 is 0 Å². The Labute approximate surface area is 174 Å². The second-order valence-electron chi connectivity index (χ2n) is 7.90. The number of nitrogens with two attached hydrogens (primary N) is 1. The minimum Gasteiger partial charge on any atom is -0.361 e. The molecule has 154 valence electrons. The van der Waals surface area contributed by atoms with Crippen molar-refractivity contribution >= 4 is 18.3 Å². The van der Waals surface area contributed by atoms with Crippen LogP contribution in [-0.4, -0.2) is 36.1 Å². The summed E-state index contributed by atoms with van der Waals surface area (Å²) in [4.78, 5) is 14.5. The number of hydrogen-bond acceptors (Lipinski definition) is 4. The van der Waals surface area contributed by atoms with Gasteiger partial charge in [-0.05, 0) is 31.2 Å². The highest BCUT2D eigenvalue weighted by Crippen LogP contribution is 2.38. The van der Waals surface area contributed by atoms with Crippen LogP contribution in [0.5, 0.6) is 0 Å². The zero-order chi connectivity index (χ0) is 19.1. The van der Waals surface area contributed by atoms with Gasteiger partial charge in [-0.1, -0.05) is 54.8 Å². The van der Waals surface area contributed by atoms with Gasteiger partial charge in [-0.15, -0.1) is 12.4 Å². The van der Waals surface area contributed by atoms with Gasteiger partial charge in [0.15, 0.2) is 0 Å². The molecule has 0 unspecified atom stereocenters. The summed E-state index contributed by atoms with van der Waals surface area (Å²) in [5.74, 6) is 1.07. The third kappa shape index (κ3) is 5.82. The quantitative estimate of drug-likeness (QED) is 0.703. The number of rotatable bonds is 8. The highest BCUT2D eigenvalue weighted by Gasteiger charge is 2.33. The van der Waals surface area contributed by atoms with Crippen LogP contribution in [-0.2, 0) is 11.2 Å². The number of aryl methyl sites for hydroxylation is 1. The SMILES string of the molecule is CN(CCCc1cc(-c2ccccc2)no1)C(=O)CC1(CN)CCCCC1.Cl. The first-order valence-electron chi connectivity index (χ1n) is 10.1. The van der Waals surface area contributed by atoms with Crippen molar-refractivity contribution in [1.82, 2.24) is 10.1 Å². The van der Waals surface area contributed by atoms with Crippen LogP contribution in [0.3, 0.4) is 0 Å². The minimum atomic E-state index is 0. The maximum absolute atomic E-state index is 12.6. The molecule has 5 nitrogen and oxygen atoms in total. The number of hydrogen-bond donors (Lipinski definition) is 1. The monoisotopic (exact) mass is 405 g/mol. The molecule has 0 radical (unpaired) electrons. The second kappa shape index (κ2) is 10.6. The van der Waals surface area contributed by atoms with Gasteiger partial charge in [-0.25, -0.2) is 0 Å². The van der Waals surface area contributed by atoms with Crippen LogP contribution in [0.15, 0.2) is 40.9 Å². The van der Waals surface area contributed by atoms with Gasteiger partial charge >= 0.3 is 0 Å². The van der Waals surface area contributed by atoms with E-state index >= 15 is 0 Å². The van der Waals surface area contributed by atoms with E-state index in [9.17, 15) is 4.79 Å². The Hall–Kier alpha value is -1.85. The molecular formula is C22H32ClN3O2. The summed E-state index contributed by atoms with van der Waals surface area (Å²) in [7, 11) is 1.89. The van der Waals surface area contributed by atoms with Gasteiger partial charge in [-0.3, -0.25) is 4.79 Å². The molecule has 2 aromatic rings. The third-order valence-corrected chi connectivity index (χ3v) is 5.84. The first-order chi connectivity index (χ1) is 13.1. The Morgan fingerprint density at radius 2 is 1.93 bits per heavy atom. The average molecular weight is 406 g/mol. The summed E-state index contributed by atoms with van der Waals surface area (Å²) >= 11 is 0. The first kappa shape index (κ1) is 22.4. The number of halogens is 1. The van der Waals surface area contributed by atoms with Gasteiger partial charge in [0.1, 0.15) is 11.5 Å². The largest absolute Gasteiger partial charge is 0.361 e. The van der Waals surface area contributed by atoms with Crippen LogP contribution in [0, 0.1) is 5.41 Å². The van der Waals surface area contributed by atoms with Crippen LogP contribution in [0.2, 0.25) is 0 Å². The Balaban J connectivity index is 0.00000280. The molecule has 28 heavy (non-hydrogen) atoms. The second-order valence-corrected chi connectivity index (χ2v) is 7.90. The fourth-order valence-electron chi connectivity index (χ4n) is 4.00. The maximum atomic E-state index is 12.6. The maximum Gasteiger partial charge on any atom is 0.222 e. The van der Waals surface area contributed by atoms with Crippen molar-refractivity contribution in [3.63, 3.8) is 0 Å². The zero-order valence-electron chi connectivity index (χ0n) is 16.7. The Morgan fingerprint density at radius 1 is 1.21 bits per heavy atom. The van der Waals surface area contributed by atoms with E-state index in [-0.39, 0.29) is 23.7 Å². The zero-order valence-corrected chi connectivity index (χ0v) is 17.5. The van der Waals surface area contributed by atoms with Crippen LogP contribution in [0.4, 0.5) is 0 Å². The predicted octanol–water partition coefficient (Wildman–Crippen LogP) is 4.45. The Bertz CT molecular complexity index is 726. The fraction of sp³-hybridized carbons (Fsp3) is 0.545. The minimum absolute atomic E-state index is 0. The van der Waals surface area contributed by atoms with Crippen molar-refractivity contribution in [1.29, 1.82) is 0 Å². The van der Waals surface area contributed by atoms with E-state index in [0.29, 0.717) is 13.0 Å². The molecule has 1 heterocycles. The standard InChI is InChI=1S/C22H31N3O2.ClH/c1-25(21(26)16-22(17-23)12-6-3-7-13-22)14-8-11-19-15-20(24-27-19)18-9-4-2-5-10-18;/h2,4-5,9-10,15H,3,6-8,11-14,16-17,23H2,1H3;1H. The molecule has 1 aliphatic carbocycles. The van der Waals surface area contributed by atoms with Crippen molar-refractivity contribution in [3.8, 4) is 11.3 Å². The van der Waals surface area contributed by atoms with Gasteiger partial charge in [0, 0.05) is 38.1 Å². The van der Waals surface area contributed by atoms with Crippen molar-refractivity contribution in [2.75, 3.05) is 20.1 Å². The van der Waals surface area contributed by atoms with E-state index in [1.807, 2.05) is 48.3 Å². The van der Waals surface area contributed by atoms with Crippen LogP contribution >= 0.6 is 12.4 Å². The number of carbonyl (C=O) groups is 1. The van der Waals surface area contributed by atoms with Crippen LogP contribution < -0.4 is 5.73 Å². The molecule has 0 aliphatic heterocycles. The molecule has 1 aromatic carbocycles. The van der Waals surface area contributed by atoms with Gasteiger partial charge < -0.3 is 15.2 Å². The van der Waals surface area contributed by atoms with Gasteiger partial charge in [0.2, 0.25) is 5.91 Å². The van der Waals surface area contributed by atoms with E-state index in [4.69, 9.17) is 10.3 Å². The first-order valence-corrected chi connectivity index (χ1v) is 10.1. The van der Waals surface area contributed by atoms with Crippen molar-refractivity contribution in [2.45, 2.75) is 51.4 Å². The lowest BCUT2D eigenvalue weighted by Gasteiger charge is -2.36. The summed E-state index contributed by atoms with van der Waals surface area (Å²) < 4.78 is 5.45. The lowest BCUT2D eigenvalue weighted by Crippen LogP contribution is -2.39.